The maximum absolute atomic E-state index is 6.21. The molecule has 0 unspecified atom stereocenters. The van der Waals surface area contributed by atoms with E-state index in [9.17, 15) is 0 Å². The van der Waals surface area contributed by atoms with Crippen LogP contribution in [0.1, 0.15) is 18.9 Å². The number of halogens is 1. The van der Waals surface area contributed by atoms with Gasteiger partial charge in [-0.25, -0.2) is 9.97 Å². The van der Waals surface area contributed by atoms with Crippen molar-refractivity contribution in [3.63, 3.8) is 0 Å². The van der Waals surface area contributed by atoms with E-state index in [1.54, 1.807) is 11.8 Å². The van der Waals surface area contributed by atoms with Gasteiger partial charge in [-0.1, -0.05) is 67.0 Å². The van der Waals surface area contributed by atoms with Gasteiger partial charge in [0.15, 0.2) is 0 Å². The molecule has 0 bridgehead atoms. The highest BCUT2D eigenvalue weighted by molar-refractivity contribution is 7.99. The lowest BCUT2D eigenvalue weighted by atomic mass is 10.1. The van der Waals surface area contributed by atoms with Gasteiger partial charge in [0.25, 0.3) is 0 Å². The monoisotopic (exact) mass is 314 g/mol. The molecule has 4 heteroatoms. The molecule has 2 nitrogen and oxygen atoms in total. The Balaban J connectivity index is 1.96. The smallest absolute Gasteiger partial charge is 0.136 e. The van der Waals surface area contributed by atoms with E-state index in [-0.39, 0.29) is 0 Å². The SMILES string of the molecule is CCCc1c(Cl)ncnc1Sc1ccc2ccccc2c1. The highest BCUT2D eigenvalue weighted by Gasteiger charge is 2.10. The highest BCUT2D eigenvalue weighted by atomic mass is 35.5. The molecule has 0 atom stereocenters. The molecule has 2 aromatic carbocycles. The zero-order valence-corrected chi connectivity index (χ0v) is 13.3. The van der Waals surface area contributed by atoms with Crippen molar-refractivity contribution in [2.75, 3.05) is 0 Å². The van der Waals surface area contributed by atoms with Crippen molar-refractivity contribution in [2.45, 2.75) is 29.7 Å². The molecule has 0 aliphatic rings. The summed E-state index contributed by atoms with van der Waals surface area (Å²) in [6.45, 7) is 2.13. The van der Waals surface area contributed by atoms with Gasteiger partial charge in [0, 0.05) is 10.5 Å². The van der Waals surface area contributed by atoms with Crippen molar-refractivity contribution in [1.82, 2.24) is 9.97 Å². The molecule has 0 spiro atoms. The highest BCUT2D eigenvalue weighted by Crippen LogP contribution is 2.33. The van der Waals surface area contributed by atoms with Crippen LogP contribution in [0.3, 0.4) is 0 Å². The molecule has 0 radical (unpaired) electrons. The Morgan fingerprint density at radius 3 is 2.67 bits per heavy atom. The van der Waals surface area contributed by atoms with Gasteiger partial charge in [-0.15, -0.1) is 0 Å². The van der Waals surface area contributed by atoms with Gasteiger partial charge in [0.2, 0.25) is 0 Å². The van der Waals surface area contributed by atoms with Gasteiger partial charge >= 0.3 is 0 Å². The summed E-state index contributed by atoms with van der Waals surface area (Å²) in [5.74, 6) is 0. The summed E-state index contributed by atoms with van der Waals surface area (Å²) in [6.07, 6.45) is 3.46. The molecule has 0 amide bonds. The van der Waals surface area contributed by atoms with E-state index in [0.717, 1.165) is 23.4 Å². The summed E-state index contributed by atoms with van der Waals surface area (Å²) < 4.78 is 0. The predicted molar refractivity (Wildman–Crippen MR) is 89.1 cm³/mol. The molecule has 0 N–H and O–H groups in total. The molecule has 1 aromatic heterocycles. The molecular weight excluding hydrogens is 300 g/mol. The molecule has 0 saturated carbocycles. The molecule has 3 aromatic rings. The quantitative estimate of drug-likeness (QED) is 0.604. The zero-order valence-electron chi connectivity index (χ0n) is 11.7. The Labute approximate surface area is 133 Å². The fraction of sp³-hybridized carbons (Fsp3) is 0.176. The van der Waals surface area contributed by atoms with Gasteiger partial charge in [0.1, 0.15) is 16.5 Å². The predicted octanol–water partition coefficient (Wildman–Crippen LogP) is 5.39. The number of hydrogen-bond donors (Lipinski definition) is 0. The number of rotatable bonds is 4. The van der Waals surface area contributed by atoms with Gasteiger partial charge < -0.3 is 0 Å². The van der Waals surface area contributed by atoms with Crippen LogP contribution in [0.25, 0.3) is 10.8 Å². The lowest BCUT2D eigenvalue weighted by Gasteiger charge is -2.09. The minimum atomic E-state index is 0.565. The number of aromatic nitrogens is 2. The van der Waals surface area contributed by atoms with E-state index in [1.165, 1.54) is 22.0 Å². The number of hydrogen-bond acceptors (Lipinski definition) is 3. The molecule has 0 fully saturated rings. The lowest BCUT2D eigenvalue weighted by Crippen LogP contribution is -1.95. The number of fused-ring (bicyclic) bond motifs is 1. The van der Waals surface area contributed by atoms with Crippen LogP contribution in [-0.2, 0) is 6.42 Å². The van der Waals surface area contributed by atoms with Crippen LogP contribution in [0.2, 0.25) is 5.15 Å². The first kappa shape index (κ1) is 14.4. The number of nitrogens with zero attached hydrogens (tertiary/aromatic N) is 2. The third-order valence-electron chi connectivity index (χ3n) is 3.29. The molecule has 0 saturated heterocycles. The Hall–Kier alpha value is -1.58. The van der Waals surface area contributed by atoms with Crippen LogP contribution in [0.4, 0.5) is 0 Å². The number of benzene rings is 2. The van der Waals surface area contributed by atoms with Crippen LogP contribution in [0.15, 0.2) is 58.7 Å². The van der Waals surface area contributed by atoms with Gasteiger partial charge in [-0.05, 0) is 29.3 Å². The van der Waals surface area contributed by atoms with Crippen molar-refractivity contribution >= 4 is 34.1 Å². The average molecular weight is 315 g/mol. The lowest BCUT2D eigenvalue weighted by molar-refractivity contribution is 0.856. The molecule has 0 aliphatic carbocycles. The first-order valence-electron chi connectivity index (χ1n) is 6.94. The van der Waals surface area contributed by atoms with Gasteiger partial charge in [-0.3, -0.25) is 0 Å². The molecule has 0 aliphatic heterocycles. The molecule has 3 rings (SSSR count). The normalized spacial score (nSPS) is 11.0. The topological polar surface area (TPSA) is 25.8 Å². The summed E-state index contributed by atoms with van der Waals surface area (Å²) in [4.78, 5) is 9.66. The second-order valence-corrected chi connectivity index (χ2v) is 6.23. The van der Waals surface area contributed by atoms with Crippen molar-refractivity contribution in [1.29, 1.82) is 0 Å². The first-order chi connectivity index (χ1) is 10.3. The Morgan fingerprint density at radius 1 is 1.05 bits per heavy atom. The molecule has 106 valence electrons. The van der Waals surface area contributed by atoms with Crippen molar-refractivity contribution in [3.05, 3.63) is 59.5 Å². The van der Waals surface area contributed by atoms with E-state index in [2.05, 4.69) is 59.4 Å². The summed E-state index contributed by atoms with van der Waals surface area (Å²) in [5, 5.41) is 4.00. The van der Waals surface area contributed by atoms with Crippen LogP contribution in [0, 0.1) is 0 Å². The van der Waals surface area contributed by atoms with Gasteiger partial charge in [0.05, 0.1) is 0 Å². The third kappa shape index (κ3) is 3.20. The van der Waals surface area contributed by atoms with Crippen molar-refractivity contribution in [2.24, 2.45) is 0 Å². The van der Waals surface area contributed by atoms with Crippen LogP contribution >= 0.6 is 23.4 Å². The summed E-state index contributed by atoms with van der Waals surface area (Å²) >= 11 is 7.85. The third-order valence-corrected chi connectivity index (χ3v) is 4.65. The minimum Gasteiger partial charge on any atom is -0.229 e. The van der Waals surface area contributed by atoms with Crippen LogP contribution < -0.4 is 0 Å². The second-order valence-electron chi connectivity index (χ2n) is 4.81. The largest absolute Gasteiger partial charge is 0.229 e. The Morgan fingerprint density at radius 2 is 1.86 bits per heavy atom. The maximum atomic E-state index is 6.21. The molecule has 1 heterocycles. The fourth-order valence-corrected chi connectivity index (χ4v) is 3.52. The summed E-state index contributed by atoms with van der Waals surface area (Å²) in [6, 6.07) is 14.8. The van der Waals surface area contributed by atoms with Crippen LogP contribution in [-0.4, -0.2) is 9.97 Å². The summed E-state index contributed by atoms with van der Waals surface area (Å²) in [7, 11) is 0. The first-order valence-corrected chi connectivity index (χ1v) is 8.13. The minimum absolute atomic E-state index is 0.565. The van der Waals surface area contributed by atoms with Gasteiger partial charge in [-0.2, -0.15) is 0 Å². The fourth-order valence-electron chi connectivity index (χ4n) is 2.27. The molecule has 21 heavy (non-hydrogen) atoms. The van der Waals surface area contributed by atoms with E-state index < -0.39 is 0 Å². The van der Waals surface area contributed by atoms with E-state index >= 15 is 0 Å². The van der Waals surface area contributed by atoms with E-state index in [1.807, 2.05) is 0 Å². The standard InChI is InChI=1S/C17H15ClN2S/c1-2-5-15-16(18)19-11-20-17(15)21-14-9-8-12-6-3-4-7-13(12)10-14/h3-4,6-11H,2,5H2,1H3. The average Bonchev–Trinajstić information content (AvgIpc) is 2.51. The van der Waals surface area contributed by atoms with E-state index in [0.29, 0.717) is 5.15 Å². The van der Waals surface area contributed by atoms with Crippen molar-refractivity contribution < 1.29 is 0 Å². The zero-order chi connectivity index (χ0) is 14.7. The Kier molecular flexibility index (Phi) is 4.42. The van der Waals surface area contributed by atoms with E-state index in [4.69, 9.17) is 11.6 Å². The van der Waals surface area contributed by atoms with Crippen LogP contribution in [0.5, 0.6) is 0 Å². The Bertz CT molecular complexity index is 774. The maximum Gasteiger partial charge on any atom is 0.136 e. The summed E-state index contributed by atoms with van der Waals surface area (Å²) in [5.41, 5.74) is 1.04. The molecular formula is C17H15ClN2S. The second kappa shape index (κ2) is 6.46. The van der Waals surface area contributed by atoms with Crippen molar-refractivity contribution in [3.8, 4) is 0 Å².